The Bertz CT molecular complexity index is 568. The molecule has 0 aliphatic rings. The summed E-state index contributed by atoms with van der Waals surface area (Å²) in [6.45, 7) is 5.17. The second kappa shape index (κ2) is 6.52. The van der Waals surface area contributed by atoms with Crippen molar-refractivity contribution >= 4 is 5.95 Å². The van der Waals surface area contributed by atoms with E-state index in [1.807, 2.05) is 30.7 Å². The predicted molar refractivity (Wildman–Crippen MR) is 77.3 cm³/mol. The molecule has 0 aliphatic heterocycles. The molecule has 1 aromatic heterocycles. The van der Waals surface area contributed by atoms with E-state index < -0.39 is 0 Å². The SMILES string of the molecule is COCCn1cc(C)nc1NC(C)c1ccccc1F. The standard InChI is InChI=1S/C15H20FN3O/c1-11-10-19(8-9-20-3)15(17-11)18-12(2)13-6-4-5-7-14(13)16/h4-7,10,12H,8-9H2,1-3H3,(H,17,18). The highest BCUT2D eigenvalue weighted by Gasteiger charge is 2.13. The highest BCUT2D eigenvalue weighted by Crippen LogP contribution is 2.21. The van der Waals surface area contributed by atoms with Gasteiger partial charge in [0, 0.05) is 25.4 Å². The molecule has 20 heavy (non-hydrogen) atoms. The maximum absolute atomic E-state index is 13.8. The van der Waals surface area contributed by atoms with Gasteiger partial charge >= 0.3 is 0 Å². The summed E-state index contributed by atoms with van der Waals surface area (Å²) < 4.78 is 20.8. The van der Waals surface area contributed by atoms with Gasteiger partial charge in [0.25, 0.3) is 0 Å². The zero-order valence-corrected chi connectivity index (χ0v) is 12.1. The number of imidazole rings is 1. The summed E-state index contributed by atoms with van der Waals surface area (Å²) in [4.78, 5) is 4.43. The number of anilines is 1. The van der Waals surface area contributed by atoms with Crippen molar-refractivity contribution in [2.75, 3.05) is 19.0 Å². The molecule has 1 aromatic carbocycles. The molecule has 5 heteroatoms. The zero-order chi connectivity index (χ0) is 14.5. The maximum atomic E-state index is 13.8. The number of aryl methyl sites for hydroxylation is 1. The largest absolute Gasteiger partial charge is 0.383 e. The Hall–Kier alpha value is -1.88. The van der Waals surface area contributed by atoms with Crippen LogP contribution in [0.15, 0.2) is 30.5 Å². The molecule has 1 N–H and O–H groups in total. The summed E-state index contributed by atoms with van der Waals surface area (Å²) in [5, 5.41) is 3.25. The number of aromatic nitrogens is 2. The Morgan fingerprint density at radius 3 is 2.85 bits per heavy atom. The molecule has 0 radical (unpaired) electrons. The fraction of sp³-hybridized carbons (Fsp3) is 0.400. The Kier molecular flexibility index (Phi) is 4.74. The molecule has 108 valence electrons. The number of ether oxygens (including phenoxy) is 1. The Morgan fingerprint density at radius 2 is 2.15 bits per heavy atom. The van der Waals surface area contributed by atoms with Crippen LogP contribution < -0.4 is 5.32 Å². The summed E-state index contributed by atoms with van der Waals surface area (Å²) in [5.41, 5.74) is 1.55. The number of benzene rings is 1. The van der Waals surface area contributed by atoms with Gasteiger partial charge in [-0.05, 0) is 19.9 Å². The molecule has 0 bridgehead atoms. The summed E-state index contributed by atoms with van der Waals surface area (Å²) in [6, 6.07) is 6.62. The van der Waals surface area contributed by atoms with Gasteiger partial charge in [-0.15, -0.1) is 0 Å². The van der Waals surface area contributed by atoms with Crippen LogP contribution in [0.1, 0.15) is 24.2 Å². The van der Waals surface area contributed by atoms with E-state index in [-0.39, 0.29) is 11.9 Å². The van der Waals surface area contributed by atoms with E-state index in [0.717, 1.165) is 11.6 Å². The van der Waals surface area contributed by atoms with Gasteiger partial charge in [0.05, 0.1) is 18.3 Å². The third kappa shape index (κ3) is 3.36. The molecule has 1 atom stereocenters. The normalized spacial score (nSPS) is 12.4. The zero-order valence-electron chi connectivity index (χ0n) is 12.1. The third-order valence-electron chi connectivity index (χ3n) is 3.15. The number of nitrogens with one attached hydrogen (secondary N) is 1. The molecular formula is C15H20FN3O. The van der Waals surface area contributed by atoms with Gasteiger partial charge in [-0.25, -0.2) is 9.37 Å². The highest BCUT2D eigenvalue weighted by molar-refractivity contribution is 5.34. The molecule has 0 amide bonds. The van der Waals surface area contributed by atoms with Crippen molar-refractivity contribution in [3.63, 3.8) is 0 Å². The molecule has 1 unspecified atom stereocenters. The van der Waals surface area contributed by atoms with Crippen molar-refractivity contribution in [1.82, 2.24) is 9.55 Å². The number of rotatable bonds is 6. The van der Waals surface area contributed by atoms with Gasteiger partial charge < -0.3 is 14.6 Å². The molecule has 0 spiro atoms. The van der Waals surface area contributed by atoms with E-state index in [2.05, 4.69) is 10.3 Å². The highest BCUT2D eigenvalue weighted by atomic mass is 19.1. The Balaban J connectivity index is 2.15. The number of hydrogen-bond acceptors (Lipinski definition) is 3. The van der Waals surface area contributed by atoms with Crippen LogP contribution in [0.4, 0.5) is 10.3 Å². The monoisotopic (exact) mass is 277 g/mol. The Labute approximate surface area is 118 Å². The smallest absolute Gasteiger partial charge is 0.203 e. The lowest BCUT2D eigenvalue weighted by Crippen LogP contribution is -2.14. The fourth-order valence-corrected chi connectivity index (χ4v) is 2.12. The molecule has 0 saturated carbocycles. The molecule has 0 aliphatic carbocycles. The average molecular weight is 277 g/mol. The predicted octanol–water partition coefficient (Wildman–Crippen LogP) is 3.15. The van der Waals surface area contributed by atoms with E-state index in [1.54, 1.807) is 19.2 Å². The van der Waals surface area contributed by atoms with Crippen molar-refractivity contribution < 1.29 is 9.13 Å². The lowest BCUT2D eigenvalue weighted by Gasteiger charge is -2.16. The van der Waals surface area contributed by atoms with Crippen LogP contribution in [-0.2, 0) is 11.3 Å². The quantitative estimate of drug-likeness (QED) is 0.881. The van der Waals surface area contributed by atoms with E-state index in [1.165, 1.54) is 6.07 Å². The first kappa shape index (κ1) is 14.5. The topological polar surface area (TPSA) is 39.1 Å². The lowest BCUT2D eigenvalue weighted by atomic mass is 10.1. The fourth-order valence-electron chi connectivity index (χ4n) is 2.12. The first-order valence-corrected chi connectivity index (χ1v) is 6.65. The van der Waals surface area contributed by atoms with Crippen molar-refractivity contribution in [2.24, 2.45) is 0 Å². The van der Waals surface area contributed by atoms with Crippen molar-refractivity contribution in [2.45, 2.75) is 26.4 Å². The van der Waals surface area contributed by atoms with E-state index in [0.29, 0.717) is 18.7 Å². The summed E-state index contributed by atoms with van der Waals surface area (Å²) >= 11 is 0. The molecule has 0 saturated heterocycles. The first-order valence-electron chi connectivity index (χ1n) is 6.65. The van der Waals surface area contributed by atoms with Crippen LogP contribution in [0.5, 0.6) is 0 Å². The molecule has 2 aromatic rings. The van der Waals surface area contributed by atoms with Crippen LogP contribution in [-0.4, -0.2) is 23.3 Å². The van der Waals surface area contributed by atoms with E-state index in [9.17, 15) is 4.39 Å². The van der Waals surface area contributed by atoms with E-state index >= 15 is 0 Å². The minimum absolute atomic E-state index is 0.153. The molecule has 0 fully saturated rings. The van der Waals surface area contributed by atoms with Crippen LogP contribution in [0.25, 0.3) is 0 Å². The van der Waals surface area contributed by atoms with Crippen LogP contribution in [0, 0.1) is 12.7 Å². The van der Waals surface area contributed by atoms with Crippen LogP contribution in [0.2, 0.25) is 0 Å². The van der Waals surface area contributed by atoms with Crippen molar-refractivity contribution in [1.29, 1.82) is 0 Å². The van der Waals surface area contributed by atoms with Gasteiger partial charge in [-0.2, -0.15) is 0 Å². The molecule has 2 rings (SSSR count). The second-order valence-electron chi connectivity index (χ2n) is 4.78. The van der Waals surface area contributed by atoms with Crippen LogP contribution >= 0.6 is 0 Å². The Morgan fingerprint density at radius 1 is 1.40 bits per heavy atom. The summed E-state index contributed by atoms with van der Waals surface area (Å²) in [6.07, 6.45) is 1.95. The minimum Gasteiger partial charge on any atom is -0.383 e. The summed E-state index contributed by atoms with van der Waals surface area (Å²) in [5.74, 6) is 0.523. The van der Waals surface area contributed by atoms with Crippen LogP contribution in [0.3, 0.4) is 0 Å². The summed E-state index contributed by atoms with van der Waals surface area (Å²) in [7, 11) is 1.67. The van der Waals surface area contributed by atoms with Gasteiger partial charge in [0.1, 0.15) is 5.82 Å². The van der Waals surface area contributed by atoms with Gasteiger partial charge in [0.2, 0.25) is 5.95 Å². The van der Waals surface area contributed by atoms with Gasteiger partial charge in [0.15, 0.2) is 0 Å². The maximum Gasteiger partial charge on any atom is 0.203 e. The number of hydrogen-bond donors (Lipinski definition) is 1. The second-order valence-corrected chi connectivity index (χ2v) is 4.78. The number of methoxy groups -OCH3 is 1. The molecule has 4 nitrogen and oxygen atoms in total. The van der Waals surface area contributed by atoms with E-state index in [4.69, 9.17) is 4.74 Å². The number of halogens is 1. The lowest BCUT2D eigenvalue weighted by molar-refractivity contribution is 0.187. The third-order valence-corrected chi connectivity index (χ3v) is 3.15. The average Bonchev–Trinajstić information content (AvgIpc) is 2.76. The first-order chi connectivity index (χ1) is 9.61. The van der Waals surface area contributed by atoms with Gasteiger partial charge in [-0.3, -0.25) is 0 Å². The van der Waals surface area contributed by atoms with Crippen molar-refractivity contribution in [3.05, 3.63) is 47.5 Å². The van der Waals surface area contributed by atoms with Crippen molar-refractivity contribution in [3.8, 4) is 0 Å². The minimum atomic E-state index is -0.209. The molecule has 1 heterocycles. The molecular weight excluding hydrogens is 257 g/mol. The van der Waals surface area contributed by atoms with Gasteiger partial charge in [-0.1, -0.05) is 18.2 Å². The number of nitrogens with zero attached hydrogens (tertiary/aromatic N) is 2.